The lowest BCUT2D eigenvalue weighted by Gasteiger charge is -2.07. The van der Waals surface area contributed by atoms with Gasteiger partial charge >= 0.3 is 6.18 Å². The third-order valence-electron chi connectivity index (χ3n) is 1.14. The second-order valence-corrected chi connectivity index (χ2v) is 2.39. The average Bonchev–Trinajstić information content (AvgIpc) is 1.92. The lowest BCUT2D eigenvalue weighted by Crippen LogP contribution is -2.07. The van der Waals surface area contributed by atoms with E-state index in [1.807, 2.05) is 0 Å². The van der Waals surface area contributed by atoms with Crippen molar-refractivity contribution in [3.8, 4) is 5.75 Å². The number of pyridine rings is 1. The van der Waals surface area contributed by atoms with Crippen molar-refractivity contribution in [2.24, 2.45) is 0 Å². The molecule has 1 aromatic rings. The molecule has 0 aliphatic rings. The first-order chi connectivity index (χ1) is 5.43. The van der Waals surface area contributed by atoms with Crippen molar-refractivity contribution in [1.29, 1.82) is 0 Å². The van der Waals surface area contributed by atoms with Gasteiger partial charge in [0.1, 0.15) is 0 Å². The van der Waals surface area contributed by atoms with Crippen LogP contribution in [0.3, 0.4) is 0 Å². The van der Waals surface area contributed by atoms with Gasteiger partial charge in [0, 0.05) is 6.20 Å². The molecule has 66 valence electrons. The van der Waals surface area contributed by atoms with Crippen LogP contribution in [0, 0.1) is 0 Å². The normalized spacial score (nSPS) is 11.7. The van der Waals surface area contributed by atoms with Gasteiger partial charge in [-0.3, -0.25) is 0 Å². The van der Waals surface area contributed by atoms with E-state index in [9.17, 15) is 13.2 Å². The number of hydrogen-bond acceptors (Lipinski definition) is 2. The van der Waals surface area contributed by atoms with Gasteiger partial charge in [-0.25, -0.2) is 4.98 Å². The van der Waals surface area contributed by atoms with Crippen LogP contribution in [0.2, 0.25) is 5.02 Å². The van der Waals surface area contributed by atoms with Crippen LogP contribution >= 0.6 is 11.6 Å². The van der Waals surface area contributed by atoms with Gasteiger partial charge in [-0.15, -0.1) is 0 Å². The fourth-order valence-electron chi connectivity index (χ4n) is 0.638. The summed E-state index contributed by atoms with van der Waals surface area (Å²) in [6.07, 6.45) is -3.79. The molecule has 12 heavy (non-hydrogen) atoms. The minimum absolute atomic E-state index is 0.364. The van der Waals surface area contributed by atoms with Crippen LogP contribution in [0.1, 0.15) is 5.69 Å². The molecular weight excluding hydrogens is 195 g/mol. The van der Waals surface area contributed by atoms with Crippen LogP contribution in [0.5, 0.6) is 5.75 Å². The zero-order chi connectivity index (χ0) is 9.35. The first-order valence-corrected chi connectivity index (χ1v) is 3.21. The van der Waals surface area contributed by atoms with E-state index in [1.54, 1.807) is 0 Å². The summed E-state index contributed by atoms with van der Waals surface area (Å²) in [5, 5.41) is 8.46. The molecule has 1 heterocycles. The predicted molar refractivity (Wildman–Crippen MR) is 35.9 cm³/mol. The maximum absolute atomic E-state index is 11.9. The number of nitrogens with zero attached hydrogens (tertiary/aromatic N) is 1. The second kappa shape index (κ2) is 2.82. The molecule has 0 aliphatic heterocycles. The number of halogens is 4. The fraction of sp³-hybridized carbons (Fsp3) is 0.167. The molecule has 0 amide bonds. The van der Waals surface area contributed by atoms with E-state index >= 15 is 0 Å². The van der Waals surface area contributed by atoms with Crippen molar-refractivity contribution < 1.29 is 18.3 Å². The third-order valence-corrected chi connectivity index (χ3v) is 1.45. The zero-order valence-corrected chi connectivity index (χ0v) is 6.32. The molecule has 0 atom stereocenters. The molecule has 1 aromatic heterocycles. The van der Waals surface area contributed by atoms with Crippen molar-refractivity contribution in [2.75, 3.05) is 0 Å². The summed E-state index contributed by atoms with van der Waals surface area (Å²) < 4.78 is 35.8. The minimum atomic E-state index is -4.67. The highest BCUT2D eigenvalue weighted by Crippen LogP contribution is 2.37. The lowest BCUT2D eigenvalue weighted by atomic mass is 10.3. The van der Waals surface area contributed by atoms with Gasteiger partial charge in [0.15, 0.2) is 11.4 Å². The highest BCUT2D eigenvalue weighted by molar-refractivity contribution is 6.32. The molecule has 0 saturated carbocycles. The largest absolute Gasteiger partial charge is 0.504 e. The molecule has 6 heteroatoms. The second-order valence-electron chi connectivity index (χ2n) is 1.99. The lowest BCUT2D eigenvalue weighted by molar-refractivity contribution is -0.142. The van der Waals surface area contributed by atoms with E-state index < -0.39 is 17.6 Å². The fourth-order valence-corrected chi connectivity index (χ4v) is 0.784. The molecule has 0 aliphatic carbocycles. The van der Waals surface area contributed by atoms with Crippen LogP contribution in [-0.2, 0) is 6.18 Å². The van der Waals surface area contributed by atoms with E-state index in [0.29, 0.717) is 0 Å². The maximum atomic E-state index is 11.9. The molecule has 0 fully saturated rings. The van der Waals surface area contributed by atoms with Crippen molar-refractivity contribution in [3.05, 3.63) is 23.0 Å². The van der Waals surface area contributed by atoms with Gasteiger partial charge in [-0.2, -0.15) is 13.2 Å². The Morgan fingerprint density at radius 2 is 2.00 bits per heavy atom. The smallest absolute Gasteiger partial charge is 0.437 e. The molecule has 0 saturated heterocycles. The summed E-state index contributed by atoms with van der Waals surface area (Å²) in [6, 6.07) is 1.08. The quantitative estimate of drug-likeness (QED) is 0.693. The van der Waals surface area contributed by atoms with Gasteiger partial charge in [-0.1, -0.05) is 11.6 Å². The Balaban J connectivity index is 3.26. The first kappa shape index (κ1) is 9.12. The van der Waals surface area contributed by atoms with Crippen molar-refractivity contribution >= 4 is 11.6 Å². The van der Waals surface area contributed by atoms with Crippen molar-refractivity contribution in [3.63, 3.8) is 0 Å². The molecule has 1 N–H and O–H groups in total. The van der Waals surface area contributed by atoms with Crippen LogP contribution in [0.25, 0.3) is 0 Å². The monoisotopic (exact) mass is 197 g/mol. The Morgan fingerprint density at radius 3 is 2.42 bits per heavy atom. The van der Waals surface area contributed by atoms with E-state index in [1.165, 1.54) is 0 Å². The van der Waals surface area contributed by atoms with E-state index in [-0.39, 0.29) is 5.02 Å². The zero-order valence-electron chi connectivity index (χ0n) is 5.56. The highest BCUT2D eigenvalue weighted by atomic mass is 35.5. The molecule has 0 radical (unpaired) electrons. The Labute approximate surface area is 70.6 Å². The van der Waals surface area contributed by atoms with Gasteiger partial charge in [0.25, 0.3) is 0 Å². The number of alkyl halides is 3. The Kier molecular flexibility index (Phi) is 2.14. The SMILES string of the molecule is Oc1c(Cl)ccnc1C(F)(F)F. The first-order valence-electron chi connectivity index (χ1n) is 2.83. The van der Waals surface area contributed by atoms with Crippen molar-refractivity contribution in [1.82, 2.24) is 4.98 Å². The molecule has 0 spiro atoms. The van der Waals surface area contributed by atoms with E-state index in [2.05, 4.69) is 4.98 Å². The minimum Gasteiger partial charge on any atom is -0.504 e. The Morgan fingerprint density at radius 1 is 1.42 bits per heavy atom. The Bertz CT molecular complexity index is 299. The predicted octanol–water partition coefficient (Wildman–Crippen LogP) is 2.46. The van der Waals surface area contributed by atoms with Crippen LogP contribution in [0.15, 0.2) is 12.3 Å². The van der Waals surface area contributed by atoms with Gasteiger partial charge in [0.2, 0.25) is 0 Å². The molecule has 0 aromatic carbocycles. The van der Waals surface area contributed by atoms with Gasteiger partial charge in [-0.05, 0) is 6.07 Å². The number of aromatic nitrogens is 1. The molecule has 2 nitrogen and oxygen atoms in total. The number of rotatable bonds is 0. The van der Waals surface area contributed by atoms with Crippen molar-refractivity contribution in [2.45, 2.75) is 6.18 Å². The maximum Gasteiger partial charge on any atom is 0.437 e. The topological polar surface area (TPSA) is 33.1 Å². The van der Waals surface area contributed by atoms with Gasteiger partial charge in [0.05, 0.1) is 5.02 Å². The summed E-state index contributed by atoms with van der Waals surface area (Å²) in [5.41, 5.74) is -1.37. The summed E-state index contributed by atoms with van der Waals surface area (Å²) in [4.78, 5) is 2.95. The van der Waals surface area contributed by atoms with Crippen LogP contribution < -0.4 is 0 Å². The average molecular weight is 198 g/mol. The summed E-state index contributed by atoms with van der Waals surface area (Å²) in [5.74, 6) is -1.04. The summed E-state index contributed by atoms with van der Waals surface area (Å²) >= 11 is 5.23. The molecule has 1 rings (SSSR count). The highest BCUT2D eigenvalue weighted by Gasteiger charge is 2.36. The van der Waals surface area contributed by atoms with Crippen LogP contribution in [-0.4, -0.2) is 10.1 Å². The molecular formula is C6H3ClF3NO. The number of aromatic hydroxyl groups is 1. The Hall–Kier alpha value is -0.970. The summed E-state index contributed by atoms with van der Waals surface area (Å²) in [7, 11) is 0. The standard InChI is InChI=1S/C6H3ClF3NO/c7-3-1-2-11-5(4(3)12)6(8,9)10/h1-2,12H. The van der Waals surface area contributed by atoms with Crippen LogP contribution in [0.4, 0.5) is 13.2 Å². The van der Waals surface area contributed by atoms with E-state index in [4.69, 9.17) is 16.7 Å². The molecule has 0 unspecified atom stereocenters. The third kappa shape index (κ3) is 1.61. The summed E-state index contributed by atoms with van der Waals surface area (Å²) in [6.45, 7) is 0. The van der Waals surface area contributed by atoms with E-state index in [0.717, 1.165) is 12.3 Å². The molecule has 0 bridgehead atoms. The van der Waals surface area contributed by atoms with Gasteiger partial charge < -0.3 is 5.11 Å². The number of hydrogen-bond donors (Lipinski definition) is 1.